The fraction of sp³-hybridized carbons (Fsp3) is 0.778. The number of aliphatic hydroxyl groups is 2. The van der Waals surface area contributed by atoms with Crippen molar-refractivity contribution < 1.29 is 34.5 Å². The molecular formula is C18H34N4O7. The summed E-state index contributed by atoms with van der Waals surface area (Å²) in [4.78, 5) is 47.8. The summed E-state index contributed by atoms with van der Waals surface area (Å²) < 4.78 is 0. The Morgan fingerprint density at radius 1 is 0.724 bits per heavy atom. The Morgan fingerprint density at radius 2 is 1.10 bits per heavy atom. The zero-order chi connectivity index (χ0) is 22.7. The molecule has 4 atom stereocenters. The average Bonchev–Trinajstić information content (AvgIpc) is 2.61. The molecule has 0 rings (SSSR count). The lowest BCUT2D eigenvalue weighted by molar-refractivity contribution is -0.143. The molecule has 0 saturated carbocycles. The second-order valence-electron chi connectivity index (χ2n) is 7.75. The highest BCUT2D eigenvalue weighted by atomic mass is 16.4. The van der Waals surface area contributed by atoms with E-state index in [-0.39, 0.29) is 18.3 Å². The van der Waals surface area contributed by atoms with E-state index in [0.29, 0.717) is 6.42 Å². The van der Waals surface area contributed by atoms with E-state index in [1.165, 1.54) is 0 Å². The highest BCUT2D eigenvalue weighted by Crippen LogP contribution is 2.06. The summed E-state index contributed by atoms with van der Waals surface area (Å²) >= 11 is 0. The molecule has 8 N–H and O–H groups in total. The molecule has 0 aromatic rings. The van der Waals surface area contributed by atoms with Crippen molar-refractivity contribution in [2.45, 2.75) is 64.7 Å². The number of aliphatic carboxylic acids is 1. The minimum atomic E-state index is -1.45. The summed E-state index contributed by atoms with van der Waals surface area (Å²) in [5, 5.41) is 34.7. The SMILES string of the molecule is CC(C)CC(N)C(=O)NC(CO)C(=O)NC(CO)C(=O)NC(CC(C)C)C(=O)O. The maximum absolute atomic E-state index is 12.3. The zero-order valence-electron chi connectivity index (χ0n) is 17.3. The van der Waals surface area contributed by atoms with Crippen molar-refractivity contribution in [2.75, 3.05) is 13.2 Å². The first-order chi connectivity index (χ1) is 13.4. The van der Waals surface area contributed by atoms with Crippen LogP contribution >= 0.6 is 0 Å². The Hall–Kier alpha value is -2.24. The standard InChI is InChI=1S/C18H34N4O7/c1-9(2)5-11(19)15(25)21-13(7-23)17(27)22-14(8-24)16(26)20-12(18(28)29)6-10(3)4/h9-14,23-24H,5-8,19H2,1-4H3,(H,20,26)(H,21,25)(H,22,27)(H,28,29). The van der Waals surface area contributed by atoms with E-state index in [9.17, 15) is 34.5 Å². The van der Waals surface area contributed by atoms with E-state index in [4.69, 9.17) is 5.73 Å². The molecule has 0 spiro atoms. The van der Waals surface area contributed by atoms with E-state index in [0.717, 1.165) is 0 Å². The van der Waals surface area contributed by atoms with Crippen LogP contribution < -0.4 is 21.7 Å². The molecule has 168 valence electrons. The fourth-order valence-electron chi connectivity index (χ4n) is 2.52. The Balaban J connectivity index is 4.98. The minimum absolute atomic E-state index is 0.0115. The molecule has 0 heterocycles. The van der Waals surface area contributed by atoms with Gasteiger partial charge in [0.05, 0.1) is 19.3 Å². The third-order valence-corrected chi connectivity index (χ3v) is 4.01. The van der Waals surface area contributed by atoms with Gasteiger partial charge in [0, 0.05) is 0 Å². The van der Waals surface area contributed by atoms with Gasteiger partial charge < -0.3 is 37.0 Å². The molecule has 4 unspecified atom stereocenters. The molecule has 0 aromatic carbocycles. The lowest BCUT2D eigenvalue weighted by Gasteiger charge is -2.24. The van der Waals surface area contributed by atoms with Gasteiger partial charge in [-0.15, -0.1) is 0 Å². The van der Waals surface area contributed by atoms with Crippen molar-refractivity contribution in [2.24, 2.45) is 17.6 Å². The van der Waals surface area contributed by atoms with Crippen LogP contribution in [0.15, 0.2) is 0 Å². The number of carboxylic acid groups (broad SMARTS) is 1. The van der Waals surface area contributed by atoms with E-state index in [1.807, 2.05) is 13.8 Å². The normalized spacial score (nSPS) is 15.3. The third kappa shape index (κ3) is 10.2. The smallest absolute Gasteiger partial charge is 0.326 e. The molecule has 0 saturated heterocycles. The maximum Gasteiger partial charge on any atom is 0.326 e. The predicted octanol–water partition coefficient (Wildman–Crippen LogP) is -2.07. The van der Waals surface area contributed by atoms with Crippen molar-refractivity contribution in [3.05, 3.63) is 0 Å². The molecule has 0 bridgehead atoms. The van der Waals surface area contributed by atoms with Crippen LogP contribution in [-0.4, -0.2) is 76.4 Å². The van der Waals surface area contributed by atoms with E-state index >= 15 is 0 Å². The van der Waals surface area contributed by atoms with Gasteiger partial charge in [0.2, 0.25) is 17.7 Å². The number of aliphatic hydroxyl groups excluding tert-OH is 2. The van der Waals surface area contributed by atoms with Crippen LogP contribution in [0.3, 0.4) is 0 Å². The molecule has 29 heavy (non-hydrogen) atoms. The van der Waals surface area contributed by atoms with Crippen LogP contribution in [-0.2, 0) is 19.2 Å². The summed E-state index contributed by atoms with van der Waals surface area (Å²) in [7, 11) is 0. The van der Waals surface area contributed by atoms with Gasteiger partial charge in [-0.1, -0.05) is 27.7 Å². The average molecular weight is 418 g/mol. The van der Waals surface area contributed by atoms with Gasteiger partial charge in [-0.3, -0.25) is 14.4 Å². The Kier molecular flexibility index (Phi) is 12.1. The van der Waals surface area contributed by atoms with Crippen molar-refractivity contribution in [3.63, 3.8) is 0 Å². The molecule has 0 radical (unpaired) electrons. The van der Waals surface area contributed by atoms with Crippen LogP contribution in [0, 0.1) is 11.8 Å². The maximum atomic E-state index is 12.3. The van der Waals surface area contributed by atoms with Gasteiger partial charge in [0.1, 0.15) is 18.1 Å². The number of hydrogen-bond acceptors (Lipinski definition) is 7. The van der Waals surface area contributed by atoms with Gasteiger partial charge >= 0.3 is 5.97 Å². The zero-order valence-corrected chi connectivity index (χ0v) is 17.3. The number of nitrogens with one attached hydrogen (secondary N) is 3. The topological polar surface area (TPSA) is 191 Å². The summed E-state index contributed by atoms with van der Waals surface area (Å²) in [6.07, 6.45) is 0.538. The van der Waals surface area contributed by atoms with Crippen molar-refractivity contribution in [1.82, 2.24) is 16.0 Å². The first-order valence-corrected chi connectivity index (χ1v) is 9.54. The molecule has 11 nitrogen and oxygen atoms in total. The van der Waals surface area contributed by atoms with Crippen LogP contribution in [0.4, 0.5) is 0 Å². The molecule has 0 aliphatic rings. The second kappa shape index (κ2) is 13.1. The molecule has 11 heteroatoms. The number of carboxylic acids is 1. The highest BCUT2D eigenvalue weighted by Gasteiger charge is 2.30. The van der Waals surface area contributed by atoms with Crippen molar-refractivity contribution in [1.29, 1.82) is 0 Å². The first kappa shape index (κ1) is 26.8. The Labute approximate surface area is 170 Å². The summed E-state index contributed by atoms with van der Waals surface area (Å²) in [5.41, 5.74) is 5.73. The highest BCUT2D eigenvalue weighted by molar-refractivity contribution is 5.94. The molecule has 0 aliphatic heterocycles. The Bertz CT molecular complexity index is 568. The molecule has 0 fully saturated rings. The van der Waals surface area contributed by atoms with Gasteiger partial charge in [0.25, 0.3) is 0 Å². The first-order valence-electron chi connectivity index (χ1n) is 9.54. The summed E-state index contributed by atoms with van der Waals surface area (Å²) in [5.74, 6) is -3.55. The van der Waals surface area contributed by atoms with Gasteiger partial charge in [-0.05, 0) is 24.7 Å². The lowest BCUT2D eigenvalue weighted by Crippen LogP contribution is -2.59. The second-order valence-corrected chi connectivity index (χ2v) is 7.75. The van der Waals surface area contributed by atoms with Gasteiger partial charge in [-0.2, -0.15) is 0 Å². The van der Waals surface area contributed by atoms with E-state index < -0.39 is 61.1 Å². The minimum Gasteiger partial charge on any atom is -0.480 e. The molecule has 0 aromatic heterocycles. The number of carbonyl (C=O) groups is 4. The van der Waals surface area contributed by atoms with Crippen LogP contribution in [0.2, 0.25) is 0 Å². The quantitative estimate of drug-likeness (QED) is 0.177. The Morgan fingerprint density at radius 3 is 1.45 bits per heavy atom. The number of carbonyl (C=O) groups excluding carboxylic acids is 3. The van der Waals surface area contributed by atoms with Crippen LogP contribution in [0.5, 0.6) is 0 Å². The van der Waals surface area contributed by atoms with Crippen LogP contribution in [0.1, 0.15) is 40.5 Å². The van der Waals surface area contributed by atoms with Crippen LogP contribution in [0.25, 0.3) is 0 Å². The van der Waals surface area contributed by atoms with E-state index in [2.05, 4.69) is 16.0 Å². The number of rotatable bonds is 13. The predicted molar refractivity (Wildman–Crippen MR) is 104 cm³/mol. The van der Waals surface area contributed by atoms with E-state index in [1.54, 1.807) is 13.8 Å². The number of hydrogen-bond donors (Lipinski definition) is 7. The van der Waals surface area contributed by atoms with Crippen molar-refractivity contribution in [3.8, 4) is 0 Å². The van der Waals surface area contributed by atoms with Crippen molar-refractivity contribution >= 4 is 23.7 Å². The fourth-order valence-corrected chi connectivity index (χ4v) is 2.52. The molecule has 0 aliphatic carbocycles. The third-order valence-electron chi connectivity index (χ3n) is 4.01. The number of amides is 3. The summed E-state index contributed by atoms with van der Waals surface area (Å²) in [6.45, 7) is 5.76. The lowest BCUT2D eigenvalue weighted by atomic mass is 10.0. The van der Waals surface area contributed by atoms with Gasteiger partial charge in [-0.25, -0.2) is 4.79 Å². The molecular weight excluding hydrogens is 384 g/mol. The monoisotopic (exact) mass is 418 g/mol. The van der Waals surface area contributed by atoms with Gasteiger partial charge in [0.15, 0.2) is 0 Å². The summed E-state index contributed by atoms with van der Waals surface area (Å²) in [6, 6.07) is -4.89. The number of nitrogens with two attached hydrogens (primary N) is 1. The largest absolute Gasteiger partial charge is 0.480 e. The molecule has 3 amide bonds.